The quantitative estimate of drug-likeness (QED) is 0.802. The molecule has 1 aromatic carbocycles. The zero-order valence-corrected chi connectivity index (χ0v) is 11.5. The van der Waals surface area contributed by atoms with Crippen LogP contribution in [-0.4, -0.2) is 30.2 Å². The van der Waals surface area contributed by atoms with E-state index in [0.717, 1.165) is 5.39 Å². The molecule has 0 amide bonds. The molecule has 5 heteroatoms. The van der Waals surface area contributed by atoms with E-state index < -0.39 is 18.3 Å². The molecule has 0 aliphatic heterocycles. The monoisotopic (exact) mass is 285 g/mol. The average Bonchev–Trinajstić information content (AvgIpc) is 2.91. The van der Waals surface area contributed by atoms with E-state index in [1.165, 1.54) is 0 Å². The van der Waals surface area contributed by atoms with Crippen molar-refractivity contribution in [3.8, 4) is 0 Å². The SMILES string of the molecule is CCNC(CCl)C(O)(CF)c1ccc2ccoc2c1. The molecule has 2 atom stereocenters. The maximum absolute atomic E-state index is 13.4. The zero-order chi connectivity index (χ0) is 13.9. The summed E-state index contributed by atoms with van der Waals surface area (Å²) in [5.74, 6) is 0.116. The molecule has 0 saturated heterocycles. The van der Waals surface area contributed by atoms with Gasteiger partial charge in [-0.3, -0.25) is 0 Å². The Morgan fingerprint density at radius 2 is 2.26 bits per heavy atom. The normalized spacial score (nSPS) is 16.4. The van der Waals surface area contributed by atoms with Gasteiger partial charge in [0.25, 0.3) is 0 Å². The minimum absolute atomic E-state index is 0.116. The molecule has 0 bridgehead atoms. The van der Waals surface area contributed by atoms with E-state index in [1.54, 1.807) is 24.5 Å². The van der Waals surface area contributed by atoms with Crippen molar-refractivity contribution in [3.05, 3.63) is 36.1 Å². The van der Waals surface area contributed by atoms with Gasteiger partial charge >= 0.3 is 0 Å². The van der Waals surface area contributed by atoms with Crippen molar-refractivity contribution < 1.29 is 13.9 Å². The Hall–Kier alpha value is -1.10. The van der Waals surface area contributed by atoms with E-state index >= 15 is 0 Å². The van der Waals surface area contributed by atoms with E-state index in [0.29, 0.717) is 17.7 Å². The molecule has 2 N–H and O–H groups in total. The topological polar surface area (TPSA) is 45.4 Å². The summed E-state index contributed by atoms with van der Waals surface area (Å²) in [6.07, 6.45) is 1.56. The first-order chi connectivity index (χ1) is 9.15. The highest BCUT2D eigenvalue weighted by Gasteiger charge is 2.38. The molecule has 1 aromatic heterocycles. The van der Waals surface area contributed by atoms with E-state index in [9.17, 15) is 9.50 Å². The number of nitrogens with one attached hydrogen (secondary N) is 1. The van der Waals surface area contributed by atoms with Crippen molar-refractivity contribution in [1.29, 1.82) is 0 Å². The molecule has 0 saturated carbocycles. The van der Waals surface area contributed by atoms with Crippen LogP contribution in [0, 0.1) is 0 Å². The van der Waals surface area contributed by atoms with E-state index in [1.807, 2.05) is 13.0 Å². The number of hydrogen-bond donors (Lipinski definition) is 2. The first-order valence-electron chi connectivity index (χ1n) is 6.21. The zero-order valence-electron chi connectivity index (χ0n) is 10.7. The Morgan fingerprint density at radius 1 is 1.47 bits per heavy atom. The molecule has 0 aliphatic rings. The lowest BCUT2D eigenvalue weighted by atomic mass is 9.88. The Balaban J connectivity index is 2.43. The van der Waals surface area contributed by atoms with Gasteiger partial charge in [0.2, 0.25) is 0 Å². The molecule has 2 rings (SSSR count). The molecule has 0 aliphatic carbocycles. The minimum Gasteiger partial charge on any atom is -0.464 e. The number of aliphatic hydroxyl groups is 1. The van der Waals surface area contributed by atoms with Crippen LogP contribution in [0.4, 0.5) is 4.39 Å². The summed E-state index contributed by atoms with van der Waals surface area (Å²) >= 11 is 5.84. The summed E-state index contributed by atoms with van der Waals surface area (Å²) in [4.78, 5) is 0. The van der Waals surface area contributed by atoms with Crippen LogP contribution >= 0.6 is 11.6 Å². The Kier molecular flexibility index (Phi) is 4.45. The van der Waals surface area contributed by atoms with Gasteiger partial charge < -0.3 is 14.8 Å². The lowest BCUT2D eigenvalue weighted by molar-refractivity contribution is -0.0179. The standard InChI is InChI=1S/C14H17ClFNO2/c1-2-17-13(8-15)14(18,9-16)11-4-3-10-5-6-19-12(10)7-11/h3-7,13,17-18H,2,8-9H2,1H3. The second kappa shape index (κ2) is 5.90. The average molecular weight is 286 g/mol. The van der Waals surface area contributed by atoms with Gasteiger partial charge in [-0.15, -0.1) is 11.6 Å². The van der Waals surface area contributed by atoms with Gasteiger partial charge in [0.05, 0.1) is 12.3 Å². The number of rotatable bonds is 6. The number of likely N-dealkylation sites (N-methyl/N-ethyl adjacent to an activating group) is 1. The first kappa shape index (κ1) is 14.3. The second-order valence-corrected chi connectivity index (χ2v) is 4.80. The molecular formula is C14H17ClFNO2. The van der Waals surface area contributed by atoms with Crippen LogP contribution in [0.2, 0.25) is 0 Å². The highest BCUT2D eigenvalue weighted by atomic mass is 35.5. The number of halogens is 2. The van der Waals surface area contributed by atoms with Gasteiger partial charge in [0.1, 0.15) is 17.9 Å². The molecule has 0 fully saturated rings. The van der Waals surface area contributed by atoms with Gasteiger partial charge in [-0.2, -0.15) is 0 Å². The fourth-order valence-corrected chi connectivity index (χ4v) is 2.56. The van der Waals surface area contributed by atoms with Crippen molar-refractivity contribution in [2.45, 2.75) is 18.6 Å². The van der Waals surface area contributed by atoms with Gasteiger partial charge in [-0.25, -0.2) is 4.39 Å². The third kappa shape index (κ3) is 2.61. The molecule has 2 unspecified atom stereocenters. The van der Waals surface area contributed by atoms with Gasteiger partial charge in [-0.1, -0.05) is 19.1 Å². The maximum atomic E-state index is 13.4. The van der Waals surface area contributed by atoms with Crippen LogP contribution in [0.3, 0.4) is 0 Å². The largest absolute Gasteiger partial charge is 0.464 e. The fraction of sp³-hybridized carbons (Fsp3) is 0.429. The van der Waals surface area contributed by atoms with Crippen LogP contribution < -0.4 is 5.32 Å². The minimum atomic E-state index is -1.65. The van der Waals surface area contributed by atoms with Crippen molar-refractivity contribution >= 4 is 22.6 Å². The summed E-state index contributed by atoms with van der Waals surface area (Å²) < 4.78 is 18.7. The van der Waals surface area contributed by atoms with Crippen LogP contribution in [-0.2, 0) is 5.60 Å². The van der Waals surface area contributed by atoms with Gasteiger partial charge in [0.15, 0.2) is 0 Å². The molecule has 19 heavy (non-hydrogen) atoms. The molecule has 2 aromatic rings. The summed E-state index contributed by atoms with van der Waals surface area (Å²) in [6, 6.07) is 6.42. The summed E-state index contributed by atoms with van der Waals surface area (Å²) in [7, 11) is 0. The summed E-state index contributed by atoms with van der Waals surface area (Å²) in [5.41, 5.74) is -0.572. The molecule has 0 radical (unpaired) electrons. The Bertz CT molecular complexity index is 545. The predicted octanol–water partition coefficient (Wildman–Crippen LogP) is 2.81. The Morgan fingerprint density at radius 3 is 2.89 bits per heavy atom. The van der Waals surface area contributed by atoms with E-state index in [-0.39, 0.29) is 5.88 Å². The number of benzene rings is 1. The van der Waals surface area contributed by atoms with Crippen molar-refractivity contribution in [2.75, 3.05) is 19.1 Å². The molecule has 1 heterocycles. The molecule has 0 spiro atoms. The van der Waals surface area contributed by atoms with E-state index in [4.69, 9.17) is 16.0 Å². The highest BCUT2D eigenvalue weighted by molar-refractivity contribution is 6.18. The molecule has 3 nitrogen and oxygen atoms in total. The predicted molar refractivity (Wildman–Crippen MR) is 74.3 cm³/mol. The number of alkyl halides is 2. The van der Waals surface area contributed by atoms with Gasteiger partial charge in [-0.05, 0) is 24.2 Å². The van der Waals surface area contributed by atoms with Crippen LogP contribution in [0.1, 0.15) is 12.5 Å². The maximum Gasteiger partial charge on any atom is 0.134 e. The highest BCUT2D eigenvalue weighted by Crippen LogP contribution is 2.30. The summed E-state index contributed by atoms with van der Waals surface area (Å²) in [5, 5.41) is 14.5. The third-order valence-electron chi connectivity index (χ3n) is 3.34. The van der Waals surface area contributed by atoms with Crippen molar-refractivity contribution in [2.24, 2.45) is 0 Å². The van der Waals surface area contributed by atoms with Crippen molar-refractivity contribution in [3.63, 3.8) is 0 Å². The number of fused-ring (bicyclic) bond motifs is 1. The van der Waals surface area contributed by atoms with Crippen LogP contribution in [0.25, 0.3) is 11.0 Å². The molecular weight excluding hydrogens is 269 g/mol. The van der Waals surface area contributed by atoms with E-state index in [2.05, 4.69) is 5.32 Å². The summed E-state index contributed by atoms with van der Waals surface area (Å²) in [6.45, 7) is 1.57. The fourth-order valence-electron chi connectivity index (χ4n) is 2.19. The van der Waals surface area contributed by atoms with Crippen molar-refractivity contribution in [1.82, 2.24) is 5.32 Å². The second-order valence-electron chi connectivity index (χ2n) is 4.50. The Labute approximate surface area is 116 Å². The number of furan rings is 1. The molecule has 104 valence electrons. The lowest BCUT2D eigenvalue weighted by Crippen LogP contribution is -2.51. The van der Waals surface area contributed by atoms with Crippen LogP contribution in [0.5, 0.6) is 0 Å². The lowest BCUT2D eigenvalue weighted by Gasteiger charge is -2.33. The number of hydrogen-bond acceptors (Lipinski definition) is 3. The van der Waals surface area contributed by atoms with Crippen LogP contribution in [0.15, 0.2) is 34.9 Å². The first-order valence-corrected chi connectivity index (χ1v) is 6.74. The third-order valence-corrected chi connectivity index (χ3v) is 3.65. The van der Waals surface area contributed by atoms with Gasteiger partial charge in [0, 0.05) is 11.3 Å². The smallest absolute Gasteiger partial charge is 0.134 e.